The molecule has 0 aliphatic carbocycles. The zero-order chi connectivity index (χ0) is 13.0. The number of hydrogen-bond acceptors (Lipinski definition) is 3. The van der Waals surface area contributed by atoms with Crippen LogP contribution in [0.2, 0.25) is 0 Å². The molecular weight excluding hydrogens is 226 g/mol. The van der Waals surface area contributed by atoms with Gasteiger partial charge in [-0.3, -0.25) is 4.79 Å². The first-order valence-corrected chi connectivity index (χ1v) is 7.46. The van der Waals surface area contributed by atoms with Crippen LogP contribution in [0.15, 0.2) is 0 Å². The second-order valence-corrected chi connectivity index (χ2v) is 5.76. The maximum absolute atomic E-state index is 12.2. The number of carbonyl (C=O) groups is 1. The molecule has 0 aromatic carbocycles. The van der Waals surface area contributed by atoms with E-state index in [2.05, 4.69) is 29.4 Å². The van der Waals surface area contributed by atoms with E-state index in [-0.39, 0.29) is 11.8 Å². The molecular formula is C14H27N3O. The van der Waals surface area contributed by atoms with E-state index in [1.165, 1.54) is 13.0 Å². The van der Waals surface area contributed by atoms with Crippen LogP contribution in [0.3, 0.4) is 0 Å². The summed E-state index contributed by atoms with van der Waals surface area (Å²) < 4.78 is 0. The summed E-state index contributed by atoms with van der Waals surface area (Å²) in [6.07, 6.45) is 4.44. The van der Waals surface area contributed by atoms with Gasteiger partial charge in [0.2, 0.25) is 5.91 Å². The van der Waals surface area contributed by atoms with Crippen molar-refractivity contribution in [3.8, 4) is 0 Å². The Balaban J connectivity index is 1.72. The normalized spacial score (nSPS) is 30.6. The highest BCUT2D eigenvalue weighted by molar-refractivity contribution is 5.80. The number of nitrogens with zero attached hydrogens (tertiary/aromatic N) is 1. The molecule has 0 aromatic rings. The minimum Gasteiger partial charge on any atom is -0.353 e. The van der Waals surface area contributed by atoms with E-state index in [1.54, 1.807) is 0 Å². The smallest absolute Gasteiger partial charge is 0.224 e. The number of carbonyl (C=O) groups excluding carboxylic acids is 1. The minimum absolute atomic E-state index is 0.179. The molecule has 4 nitrogen and oxygen atoms in total. The van der Waals surface area contributed by atoms with Crippen LogP contribution in [0.4, 0.5) is 0 Å². The largest absolute Gasteiger partial charge is 0.353 e. The maximum Gasteiger partial charge on any atom is 0.224 e. The predicted molar refractivity (Wildman–Crippen MR) is 73.5 cm³/mol. The van der Waals surface area contributed by atoms with Crippen LogP contribution < -0.4 is 10.6 Å². The lowest BCUT2D eigenvalue weighted by molar-refractivity contribution is -0.126. The van der Waals surface area contributed by atoms with Crippen LogP contribution >= 0.6 is 0 Å². The topological polar surface area (TPSA) is 44.4 Å². The van der Waals surface area contributed by atoms with E-state index < -0.39 is 0 Å². The molecule has 2 saturated heterocycles. The molecule has 2 aliphatic rings. The van der Waals surface area contributed by atoms with Gasteiger partial charge in [0.15, 0.2) is 0 Å². The van der Waals surface area contributed by atoms with Gasteiger partial charge in [0.05, 0.1) is 5.92 Å². The summed E-state index contributed by atoms with van der Waals surface area (Å²) in [4.78, 5) is 14.7. The monoisotopic (exact) mass is 253 g/mol. The SMILES string of the molecule is CCCN1CCC(NC(=O)C2CCNC2C)CC1. The average Bonchev–Trinajstić information content (AvgIpc) is 2.78. The molecule has 4 heteroatoms. The Labute approximate surface area is 110 Å². The highest BCUT2D eigenvalue weighted by Gasteiger charge is 2.31. The van der Waals surface area contributed by atoms with Crippen molar-refractivity contribution in [3.05, 3.63) is 0 Å². The number of amides is 1. The fraction of sp³-hybridized carbons (Fsp3) is 0.929. The number of piperidine rings is 1. The van der Waals surface area contributed by atoms with Crippen molar-refractivity contribution in [1.82, 2.24) is 15.5 Å². The third-order valence-corrected chi connectivity index (χ3v) is 4.34. The highest BCUT2D eigenvalue weighted by atomic mass is 16.2. The quantitative estimate of drug-likeness (QED) is 0.785. The van der Waals surface area contributed by atoms with E-state index in [9.17, 15) is 4.79 Å². The van der Waals surface area contributed by atoms with Crippen LogP contribution in [0.1, 0.15) is 39.5 Å². The van der Waals surface area contributed by atoms with Gasteiger partial charge in [0, 0.05) is 25.2 Å². The minimum atomic E-state index is 0.179. The van der Waals surface area contributed by atoms with E-state index >= 15 is 0 Å². The fourth-order valence-corrected chi connectivity index (χ4v) is 3.14. The molecule has 2 atom stereocenters. The molecule has 104 valence electrons. The number of nitrogens with one attached hydrogen (secondary N) is 2. The summed E-state index contributed by atoms with van der Waals surface area (Å²) in [6.45, 7) is 8.79. The third-order valence-electron chi connectivity index (χ3n) is 4.34. The van der Waals surface area contributed by atoms with Gasteiger partial charge in [0.1, 0.15) is 0 Å². The number of likely N-dealkylation sites (tertiary alicyclic amines) is 1. The first kappa shape index (κ1) is 13.8. The zero-order valence-electron chi connectivity index (χ0n) is 11.7. The van der Waals surface area contributed by atoms with Crippen LogP contribution in [0, 0.1) is 5.92 Å². The maximum atomic E-state index is 12.2. The first-order chi connectivity index (χ1) is 8.70. The van der Waals surface area contributed by atoms with Crippen molar-refractivity contribution >= 4 is 5.91 Å². The molecule has 0 aromatic heterocycles. The van der Waals surface area contributed by atoms with Crippen molar-refractivity contribution < 1.29 is 4.79 Å². The molecule has 0 spiro atoms. The van der Waals surface area contributed by atoms with Gasteiger partial charge in [-0.15, -0.1) is 0 Å². The number of hydrogen-bond donors (Lipinski definition) is 2. The summed E-state index contributed by atoms with van der Waals surface area (Å²) in [5.74, 6) is 0.445. The molecule has 0 radical (unpaired) electrons. The molecule has 2 fully saturated rings. The second-order valence-electron chi connectivity index (χ2n) is 5.76. The van der Waals surface area contributed by atoms with Crippen molar-refractivity contribution in [2.45, 2.75) is 51.6 Å². The van der Waals surface area contributed by atoms with Gasteiger partial charge >= 0.3 is 0 Å². The second kappa shape index (κ2) is 6.53. The zero-order valence-corrected chi connectivity index (χ0v) is 11.7. The van der Waals surface area contributed by atoms with Gasteiger partial charge in [-0.1, -0.05) is 6.92 Å². The molecule has 2 aliphatic heterocycles. The molecule has 0 bridgehead atoms. The Kier molecular flexibility index (Phi) is 5.01. The van der Waals surface area contributed by atoms with Gasteiger partial charge < -0.3 is 15.5 Å². The van der Waals surface area contributed by atoms with Gasteiger partial charge in [-0.05, 0) is 45.7 Å². The molecule has 2 rings (SSSR count). The lowest BCUT2D eigenvalue weighted by atomic mass is 9.99. The molecule has 0 saturated carbocycles. The Morgan fingerprint density at radius 3 is 2.61 bits per heavy atom. The van der Waals surface area contributed by atoms with E-state index in [4.69, 9.17) is 0 Å². The predicted octanol–water partition coefficient (Wildman–Crippen LogP) is 0.975. The fourth-order valence-electron chi connectivity index (χ4n) is 3.14. The van der Waals surface area contributed by atoms with Crippen LogP contribution in [0.5, 0.6) is 0 Å². The molecule has 1 amide bonds. The first-order valence-electron chi connectivity index (χ1n) is 7.46. The van der Waals surface area contributed by atoms with Crippen LogP contribution in [-0.2, 0) is 4.79 Å². The van der Waals surface area contributed by atoms with Crippen LogP contribution in [0.25, 0.3) is 0 Å². The van der Waals surface area contributed by atoms with Gasteiger partial charge in [0.25, 0.3) is 0 Å². The highest BCUT2D eigenvalue weighted by Crippen LogP contribution is 2.17. The van der Waals surface area contributed by atoms with Crippen molar-refractivity contribution in [1.29, 1.82) is 0 Å². The lowest BCUT2D eigenvalue weighted by Crippen LogP contribution is -2.47. The van der Waals surface area contributed by atoms with Gasteiger partial charge in [-0.25, -0.2) is 0 Å². The lowest BCUT2D eigenvalue weighted by Gasteiger charge is -2.32. The molecule has 18 heavy (non-hydrogen) atoms. The van der Waals surface area contributed by atoms with E-state index in [0.717, 1.165) is 38.9 Å². The third kappa shape index (κ3) is 3.45. The standard InChI is InChI=1S/C14H27N3O/c1-3-8-17-9-5-12(6-10-17)16-14(18)13-4-7-15-11(13)2/h11-13,15H,3-10H2,1-2H3,(H,16,18). The Morgan fingerprint density at radius 1 is 1.33 bits per heavy atom. The summed E-state index contributed by atoms with van der Waals surface area (Å²) in [5, 5.41) is 6.59. The summed E-state index contributed by atoms with van der Waals surface area (Å²) in [5.41, 5.74) is 0. The van der Waals surface area contributed by atoms with Crippen molar-refractivity contribution in [3.63, 3.8) is 0 Å². The Morgan fingerprint density at radius 2 is 2.06 bits per heavy atom. The summed E-state index contributed by atoms with van der Waals surface area (Å²) in [7, 11) is 0. The molecule has 2 heterocycles. The van der Waals surface area contributed by atoms with Crippen LogP contribution in [-0.4, -0.2) is 49.1 Å². The Hall–Kier alpha value is -0.610. The molecule has 2 unspecified atom stereocenters. The van der Waals surface area contributed by atoms with Crippen molar-refractivity contribution in [2.75, 3.05) is 26.2 Å². The van der Waals surface area contributed by atoms with Crippen molar-refractivity contribution in [2.24, 2.45) is 5.92 Å². The van der Waals surface area contributed by atoms with E-state index in [0.29, 0.717) is 12.1 Å². The number of rotatable bonds is 4. The summed E-state index contributed by atoms with van der Waals surface area (Å²) in [6, 6.07) is 0.739. The van der Waals surface area contributed by atoms with Gasteiger partial charge in [-0.2, -0.15) is 0 Å². The average molecular weight is 253 g/mol. The Bertz CT molecular complexity index is 274. The van der Waals surface area contributed by atoms with E-state index in [1.807, 2.05) is 0 Å². The summed E-state index contributed by atoms with van der Waals surface area (Å²) >= 11 is 0. The molecule has 2 N–H and O–H groups in total.